The molecule has 4 rings (SSSR count). The summed E-state index contributed by atoms with van der Waals surface area (Å²) in [5.41, 5.74) is 1.36. The molecule has 1 N–H and O–H groups in total. The second kappa shape index (κ2) is 8.79. The maximum atomic E-state index is 12.5. The van der Waals surface area contributed by atoms with E-state index >= 15 is 0 Å². The number of thioether (sulfide) groups is 1. The minimum Gasteiger partial charge on any atom is -0.462 e. The van der Waals surface area contributed by atoms with Crippen LogP contribution in [0, 0.1) is 0 Å². The number of para-hydroxylation sites is 1. The van der Waals surface area contributed by atoms with Crippen LogP contribution in [0.1, 0.15) is 41.9 Å². The molecule has 0 aliphatic heterocycles. The molecule has 0 radical (unpaired) electrons. The van der Waals surface area contributed by atoms with E-state index in [1.165, 1.54) is 23.1 Å². The normalized spacial score (nSPS) is 13.3. The molecule has 7 nitrogen and oxygen atoms in total. The lowest BCUT2D eigenvalue weighted by atomic mass is 10.3. The molecule has 1 amide bonds. The summed E-state index contributed by atoms with van der Waals surface area (Å²) in [5, 5.41) is 14.4. The number of esters is 1. The summed E-state index contributed by atoms with van der Waals surface area (Å²) in [6.07, 6.45) is 2.23. The van der Waals surface area contributed by atoms with Crippen molar-refractivity contribution in [1.82, 2.24) is 14.8 Å². The Morgan fingerprint density at radius 1 is 1.24 bits per heavy atom. The first-order chi connectivity index (χ1) is 14.2. The molecule has 9 heteroatoms. The maximum Gasteiger partial charge on any atom is 0.341 e. The van der Waals surface area contributed by atoms with Crippen molar-refractivity contribution in [3.05, 3.63) is 53.2 Å². The standard InChI is InChI=1S/C20H20N4O3S2/c1-2-27-19(26)15-10-11-28-18(15)21-16(25)12-29-20-23-22-17(13-8-9-13)24(20)14-6-4-3-5-7-14/h3-7,10-11,13H,2,8-9,12H2,1H3,(H,21,25). The van der Waals surface area contributed by atoms with E-state index in [0.717, 1.165) is 24.4 Å². The highest BCUT2D eigenvalue weighted by molar-refractivity contribution is 7.99. The second-order valence-electron chi connectivity index (χ2n) is 6.51. The third-order valence-electron chi connectivity index (χ3n) is 4.36. The summed E-state index contributed by atoms with van der Waals surface area (Å²) in [6.45, 7) is 2.04. The fourth-order valence-corrected chi connectivity index (χ4v) is 4.42. The van der Waals surface area contributed by atoms with Crippen LogP contribution >= 0.6 is 23.1 Å². The first-order valence-electron chi connectivity index (χ1n) is 9.35. The topological polar surface area (TPSA) is 86.1 Å². The van der Waals surface area contributed by atoms with Gasteiger partial charge >= 0.3 is 5.97 Å². The number of nitrogens with zero attached hydrogens (tertiary/aromatic N) is 3. The Hall–Kier alpha value is -2.65. The van der Waals surface area contributed by atoms with Gasteiger partial charge in [-0.25, -0.2) is 4.79 Å². The van der Waals surface area contributed by atoms with Crippen LogP contribution < -0.4 is 5.32 Å². The molecule has 0 unspecified atom stereocenters. The van der Waals surface area contributed by atoms with Crippen molar-refractivity contribution in [3.8, 4) is 5.69 Å². The van der Waals surface area contributed by atoms with Gasteiger partial charge in [-0.1, -0.05) is 30.0 Å². The first-order valence-corrected chi connectivity index (χ1v) is 11.2. The third kappa shape index (κ3) is 4.51. The van der Waals surface area contributed by atoms with Gasteiger partial charge in [0.05, 0.1) is 17.9 Å². The van der Waals surface area contributed by atoms with E-state index in [2.05, 4.69) is 15.5 Å². The molecule has 1 fully saturated rings. The smallest absolute Gasteiger partial charge is 0.341 e. The van der Waals surface area contributed by atoms with E-state index in [4.69, 9.17) is 4.74 Å². The number of carbonyl (C=O) groups is 2. The molecule has 150 valence electrons. The summed E-state index contributed by atoms with van der Waals surface area (Å²) in [4.78, 5) is 24.5. The zero-order valence-electron chi connectivity index (χ0n) is 15.8. The van der Waals surface area contributed by atoms with E-state index in [1.807, 2.05) is 34.9 Å². The third-order valence-corrected chi connectivity index (χ3v) is 6.12. The highest BCUT2D eigenvalue weighted by Crippen LogP contribution is 2.41. The van der Waals surface area contributed by atoms with Gasteiger partial charge in [0, 0.05) is 11.6 Å². The van der Waals surface area contributed by atoms with Crippen molar-refractivity contribution in [2.75, 3.05) is 17.7 Å². The molecule has 0 atom stereocenters. The van der Waals surface area contributed by atoms with Crippen LogP contribution in [0.2, 0.25) is 0 Å². The number of carbonyl (C=O) groups excluding carboxylic acids is 2. The molecule has 0 saturated heterocycles. The zero-order valence-corrected chi connectivity index (χ0v) is 17.5. The van der Waals surface area contributed by atoms with Crippen LogP contribution in [-0.2, 0) is 9.53 Å². The monoisotopic (exact) mass is 428 g/mol. The number of nitrogens with one attached hydrogen (secondary N) is 1. The molecule has 1 saturated carbocycles. The Labute approximate surface area is 176 Å². The number of thiophene rings is 1. The van der Waals surface area contributed by atoms with Crippen molar-refractivity contribution in [2.45, 2.75) is 30.8 Å². The Bertz CT molecular complexity index is 1010. The molecule has 29 heavy (non-hydrogen) atoms. The van der Waals surface area contributed by atoms with Crippen molar-refractivity contribution in [1.29, 1.82) is 0 Å². The minimum atomic E-state index is -0.436. The van der Waals surface area contributed by atoms with Gasteiger partial charge in [-0.05, 0) is 43.3 Å². The lowest BCUT2D eigenvalue weighted by molar-refractivity contribution is -0.113. The number of anilines is 1. The van der Waals surface area contributed by atoms with Crippen molar-refractivity contribution < 1.29 is 14.3 Å². The van der Waals surface area contributed by atoms with E-state index in [-0.39, 0.29) is 18.3 Å². The molecule has 1 aliphatic rings. The minimum absolute atomic E-state index is 0.162. The summed E-state index contributed by atoms with van der Waals surface area (Å²) >= 11 is 2.62. The van der Waals surface area contributed by atoms with Crippen LogP contribution in [0.25, 0.3) is 5.69 Å². The van der Waals surface area contributed by atoms with Crippen LogP contribution in [0.5, 0.6) is 0 Å². The predicted octanol–water partition coefficient (Wildman–Crippen LogP) is 4.11. The molecule has 2 heterocycles. The van der Waals surface area contributed by atoms with Gasteiger partial charge in [0.1, 0.15) is 10.8 Å². The van der Waals surface area contributed by atoms with E-state index in [9.17, 15) is 9.59 Å². The van der Waals surface area contributed by atoms with Gasteiger partial charge < -0.3 is 10.1 Å². The Balaban J connectivity index is 1.46. The van der Waals surface area contributed by atoms with Crippen LogP contribution in [0.15, 0.2) is 46.9 Å². The Morgan fingerprint density at radius 3 is 2.76 bits per heavy atom. The quantitative estimate of drug-likeness (QED) is 0.429. The Kier molecular flexibility index (Phi) is 5.96. The zero-order chi connectivity index (χ0) is 20.2. The van der Waals surface area contributed by atoms with Gasteiger partial charge in [-0.2, -0.15) is 0 Å². The molecule has 1 aromatic carbocycles. The highest BCUT2D eigenvalue weighted by atomic mass is 32.2. The second-order valence-corrected chi connectivity index (χ2v) is 8.37. The SMILES string of the molecule is CCOC(=O)c1ccsc1NC(=O)CSc1nnc(C2CC2)n1-c1ccccc1. The van der Waals surface area contributed by atoms with Crippen molar-refractivity contribution in [3.63, 3.8) is 0 Å². The van der Waals surface area contributed by atoms with Gasteiger partial charge in [0.15, 0.2) is 5.16 Å². The molecule has 1 aliphatic carbocycles. The number of amides is 1. The predicted molar refractivity (Wildman–Crippen MR) is 113 cm³/mol. The van der Waals surface area contributed by atoms with Gasteiger partial charge in [-0.15, -0.1) is 21.5 Å². The van der Waals surface area contributed by atoms with E-state index in [1.54, 1.807) is 18.4 Å². The number of ether oxygens (including phenoxy) is 1. The highest BCUT2D eigenvalue weighted by Gasteiger charge is 2.31. The summed E-state index contributed by atoms with van der Waals surface area (Å²) in [6, 6.07) is 11.6. The molecule has 0 bridgehead atoms. The average Bonchev–Trinajstić information content (AvgIpc) is 3.32. The van der Waals surface area contributed by atoms with E-state index < -0.39 is 5.97 Å². The maximum absolute atomic E-state index is 12.5. The Morgan fingerprint density at radius 2 is 2.03 bits per heavy atom. The number of hydrogen-bond acceptors (Lipinski definition) is 7. The molecule has 0 spiro atoms. The van der Waals surface area contributed by atoms with Crippen LogP contribution in [0.3, 0.4) is 0 Å². The number of rotatable bonds is 8. The average molecular weight is 429 g/mol. The number of benzene rings is 1. The summed E-state index contributed by atoms with van der Waals surface area (Å²) < 4.78 is 7.06. The lowest BCUT2D eigenvalue weighted by Crippen LogP contribution is -2.16. The van der Waals surface area contributed by atoms with Crippen molar-refractivity contribution in [2.24, 2.45) is 0 Å². The number of aromatic nitrogens is 3. The molecule has 2 aromatic heterocycles. The van der Waals surface area contributed by atoms with Gasteiger partial charge in [0.25, 0.3) is 0 Å². The first kappa shape index (κ1) is 19.7. The van der Waals surface area contributed by atoms with E-state index in [0.29, 0.717) is 21.6 Å². The number of hydrogen-bond donors (Lipinski definition) is 1. The lowest BCUT2D eigenvalue weighted by Gasteiger charge is -2.10. The van der Waals surface area contributed by atoms with Crippen LogP contribution in [-0.4, -0.2) is 39.0 Å². The summed E-state index contributed by atoms with van der Waals surface area (Å²) in [7, 11) is 0. The molecular weight excluding hydrogens is 408 g/mol. The van der Waals surface area contributed by atoms with Crippen molar-refractivity contribution >= 4 is 40.0 Å². The fourth-order valence-electron chi connectivity index (χ4n) is 2.87. The van der Waals surface area contributed by atoms with Crippen LogP contribution in [0.4, 0.5) is 5.00 Å². The summed E-state index contributed by atoms with van der Waals surface area (Å²) in [5.74, 6) is 0.898. The fraction of sp³-hybridized carbons (Fsp3) is 0.300. The molecule has 3 aromatic rings. The molecular formula is C20H20N4O3S2. The van der Waals surface area contributed by atoms with Gasteiger partial charge in [-0.3, -0.25) is 9.36 Å². The largest absolute Gasteiger partial charge is 0.462 e. The van der Waals surface area contributed by atoms with Gasteiger partial charge in [0.2, 0.25) is 5.91 Å².